The molecule has 2 heteroatoms. The van der Waals surface area contributed by atoms with Gasteiger partial charge in [0.15, 0.2) is 5.78 Å². The first kappa shape index (κ1) is 12.0. The van der Waals surface area contributed by atoms with Gasteiger partial charge in [0.2, 0.25) is 0 Å². The molecule has 0 aliphatic heterocycles. The zero-order valence-electron chi connectivity index (χ0n) is 9.66. The summed E-state index contributed by atoms with van der Waals surface area (Å²) in [5.41, 5.74) is 0.706. The zero-order chi connectivity index (χ0) is 11.1. The van der Waals surface area contributed by atoms with E-state index in [2.05, 4.69) is 13.8 Å². The van der Waals surface area contributed by atoms with Gasteiger partial charge >= 0.3 is 0 Å². The van der Waals surface area contributed by atoms with E-state index in [1.54, 1.807) is 12.3 Å². The number of ketones is 1. The van der Waals surface area contributed by atoms with E-state index in [9.17, 15) is 4.79 Å². The highest BCUT2D eigenvalue weighted by Gasteiger charge is 2.09. The molecule has 1 atom stereocenters. The number of furan rings is 1. The van der Waals surface area contributed by atoms with E-state index in [0.717, 1.165) is 6.42 Å². The molecule has 1 heterocycles. The molecule has 0 bridgehead atoms. The van der Waals surface area contributed by atoms with Crippen molar-refractivity contribution in [2.75, 3.05) is 0 Å². The van der Waals surface area contributed by atoms with Crippen molar-refractivity contribution >= 4 is 5.78 Å². The molecular weight excluding hydrogens is 188 g/mol. The van der Waals surface area contributed by atoms with E-state index in [-0.39, 0.29) is 5.78 Å². The fraction of sp³-hybridized carbons (Fsp3) is 0.615. The van der Waals surface area contributed by atoms with Crippen LogP contribution in [0.2, 0.25) is 0 Å². The van der Waals surface area contributed by atoms with Gasteiger partial charge in [-0.15, -0.1) is 0 Å². The van der Waals surface area contributed by atoms with Crippen molar-refractivity contribution in [1.29, 1.82) is 0 Å². The molecule has 1 unspecified atom stereocenters. The molecule has 0 aliphatic carbocycles. The molecule has 0 N–H and O–H groups in total. The van der Waals surface area contributed by atoms with Crippen molar-refractivity contribution in [1.82, 2.24) is 0 Å². The van der Waals surface area contributed by atoms with Crippen LogP contribution in [0, 0.1) is 5.92 Å². The number of carbonyl (C=O) groups is 1. The third-order valence-corrected chi connectivity index (χ3v) is 2.76. The van der Waals surface area contributed by atoms with Crippen LogP contribution in [-0.4, -0.2) is 5.78 Å². The van der Waals surface area contributed by atoms with Crippen molar-refractivity contribution in [3.63, 3.8) is 0 Å². The molecule has 2 nitrogen and oxygen atoms in total. The minimum Gasteiger partial charge on any atom is -0.472 e. The average molecular weight is 208 g/mol. The Morgan fingerprint density at radius 1 is 1.47 bits per heavy atom. The molecule has 15 heavy (non-hydrogen) atoms. The van der Waals surface area contributed by atoms with Gasteiger partial charge in [0.1, 0.15) is 6.26 Å². The summed E-state index contributed by atoms with van der Waals surface area (Å²) >= 11 is 0. The normalized spacial score (nSPS) is 12.7. The lowest BCUT2D eigenvalue weighted by molar-refractivity contribution is 0.0973. The van der Waals surface area contributed by atoms with Crippen molar-refractivity contribution in [3.8, 4) is 0 Å². The molecule has 0 amide bonds. The predicted octanol–water partition coefficient (Wildman–Crippen LogP) is 4.07. The van der Waals surface area contributed by atoms with Crippen LogP contribution in [0.15, 0.2) is 23.0 Å². The van der Waals surface area contributed by atoms with Crippen LogP contribution in [0.25, 0.3) is 0 Å². The van der Waals surface area contributed by atoms with Crippen LogP contribution in [0.3, 0.4) is 0 Å². The van der Waals surface area contributed by atoms with Gasteiger partial charge in [0, 0.05) is 6.42 Å². The third kappa shape index (κ3) is 4.32. The molecule has 84 valence electrons. The number of hydrogen-bond donors (Lipinski definition) is 0. The quantitative estimate of drug-likeness (QED) is 0.632. The Balaban J connectivity index is 2.22. The van der Waals surface area contributed by atoms with Crippen LogP contribution >= 0.6 is 0 Å². The van der Waals surface area contributed by atoms with Crippen molar-refractivity contribution in [3.05, 3.63) is 24.2 Å². The molecule has 1 rings (SSSR count). The first-order valence-electron chi connectivity index (χ1n) is 5.79. The molecule has 0 fully saturated rings. The lowest BCUT2D eigenvalue weighted by Gasteiger charge is -2.08. The summed E-state index contributed by atoms with van der Waals surface area (Å²) in [5, 5.41) is 0. The van der Waals surface area contributed by atoms with Crippen LogP contribution in [0.5, 0.6) is 0 Å². The minimum atomic E-state index is 0.201. The number of rotatable bonds is 7. The maximum Gasteiger partial charge on any atom is 0.166 e. The highest BCUT2D eigenvalue weighted by atomic mass is 16.3. The van der Waals surface area contributed by atoms with Gasteiger partial charge in [0.05, 0.1) is 11.8 Å². The highest BCUT2D eigenvalue weighted by Crippen LogP contribution is 2.16. The summed E-state index contributed by atoms with van der Waals surface area (Å²) in [6, 6.07) is 1.74. The predicted molar refractivity (Wildman–Crippen MR) is 61.0 cm³/mol. The van der Waals surface area contributed by atoms with E-state index >= 15 is 0 Å². The standard InChI is InChI=1S/C13H20O2/c1-3-4-5-11(2)6-7-13(14)12-8-9-15-10-12/h8-11H,3-7H2,1-2H3. The van der Waals surface area contributed by atoms with Crippen LogP contribution in [0.1, 0.15) is 56.3 Å². The third-order valence-electron chi connectivity index (χ3n) is 2.76. The monoisotopic (exact) mass is 208 g/mol. The van der Waals surface area contributed by atoms with Crippen LogP contribution in [-0.2, 0) is 0 Å². The number of carbonyl (C=O) groups excluding carboxylic acids is 1. The van der Waals surface area contributed by atoms with Crippen molar-refractivity contribution in [2.45, 2.75) is 46.0 Å². The maximum absolute atomic E-state index is 11.6. The van der Waals surface area contributed by atoms with E-state index < -0.39 is 0 Å². The summed E-state index contributed by atoms with van der Waals surface area (Å²) in [4.78, 5) is 11.6. The maximum atomic E-state index is 11.6. The lowest BCUT2D eigenvalue weighted by Crippen LogP contribution is -2.02. The Bertz CT molecular complexity index is 275. The molecule has 0 aromatic carbocycles. The first-order chi connectivity index (χ1) is 7.24. The number of Topliss-reactive ketones (excluding diaryl/α,β-unsaturated/α-hetero) is 1. The smallest absolute Gasteiger partial charge is 0.166 e. The van der Waals surface area contributed by atoms with E-state index in [4.69, 9.17) is 4.42 Å². The second-order valence-electron chi connectivity index (χ2n) is 4.22. The summed E-state index contributed by atoms with van der Waals surface area (Å²) in [6.07, 6.45) is 8.44. The fourth-order valence-electron chi connectivity index (χ4n) is 1.64. The second kappa shape index (κ2) is 6.44. The van der Waals surface area contributed by atoms with Crippen molar-refractivity contribution < 1.29 is 9.21 Å². The molecule has 1 aromatic heterocycles. The Hall–Kier alpha value is -1.05. The highest BCUT2D eigenvalue weighted by molar-refractivity contribution is 5.95. The molecule has 1 aromatic rings. The number of unbranched alkanes of at least 4 members (excludes halogenated alkanes) is 1. The summed E-state index contributed by atoms with van der Waals surface area (Å²) < 4.78 is 4.89. The summed E-state index contributed by atoms with van der Waals surface area (Å²) in [5.74, 6) is 0.855. The Kier molecular flexibility index (Phi) is 5.16. The Labute approximate surface area is 91.7 Å². The zero-order valence-corrected chi connectivity index (χ0v) is 9.66. The summed E-state index contributed by atoms with van der Waals surface area (Å²) in [7, 11) is 0. The van der Waals surface area contributed by atoms with Gasteiger partial charge in [0.25, 0.3) is 0 Å². The minimum absolute atomic E-state index is 0.201. The molecular formula is C13H20O2. The van der Waals surface area contributed by atoms with Crippen LogP contribution < -0.4 is 0 Å². The molecule has 0 aliphatic rings. The van der Waals surface area contributed by atoms with E-state index in [1.165, 1.54) is 25.5 Å². The SMILES string of the molecule is CCCCC(C)CCC(=O)c1ccoc1. The Morgan fingerprint density at radius 3 is 2.87 bits per heavy atom. The second-order valence-corrected chi connectivity index (χ2v) is 4.22. The van der Waals surface area contributed by atoms with Crippen LogP contribution in [0.4, 0.5) is 0 Å². The molecule has 0 saturated heterocycles. The van der Waals surface area contributed by atoms with Gasteiger partial charge in [-0.2, -0.15) is 0 Å². The Morgan fingerprint density at radius 2 is 2.27 bits per heavy atom. The topological polar surface area (TPSA) is 30.2 Å². The van der Waals surface area contributed by atoms with E-state index in [0.29, 0.717) is 17.9 Å². The van der Waals surface area contributed by atoms with Gasteiger partial charge < -0.3 is 4.42 Å². The summed E-state index contributed by atoms with van der Waals surface area (Å²) in [6.45, 7) is 4.42. The largest absolute Gasteiger partial charge is 0.472 e. The molecule has 0 spiro atoms. The van der Waals surface area contributed by atoms with E-state index in [1.807, 2.05) is 0 Å². The first-order valence-corrected chi connectivity index (χ1v) is 5.79. The van der Waals surface area contributed by atoms with Gasteiger partial charge in [-0.25, -0.2) is 0 Å². The fourth-order valence-corrected chi connectivity index (χ4v) is 1.64. The lowest BCUT2D eigenvalue weighted by atomic mass is 9.96. The molecule has 0 saturated carbocycles. The molecule has 0 radical (unpaired) electrons. The van der Waals surface area contributed by atoms with Gasteiger partial charge in [-0.3, -0.25) is 4.79 Å². The van der Waals surface area contributed by atoms with Gasteiger partial charge in [-0.05, 0) is 18.4 Å². The van der Waals surface area contributed by atoms with Gasteiger partial charge in [-0.1, -0.05) is 33.1 Å². The van der Waals surface area contributed by atoms with Crippen molar-refractivity contribution in [2.24, 2.45) is 5.92 Å². The number of hydrogen-bond acceptors (Lipinski definition) is 2. The average Bonchev–Trinajstić information content (AvgIpc) is 2.76.